The van der Waals surface area contributed by atoms with Crippen LogP contribution < -0.4 is 0 Å². The number of rotatable bonds is 6. The number of nitro groups is 1. The first-order valence-corrected chi connectivity index (χ1v) is 11.6. The molecular weight excluding hydrogens is 430 g/mol. The van der Waals surface area contributed by atoms with Crippen LogP contribution in [0.3, 0.4) is 0 Å². The zero-order valence-corrected chi connectivity index (χ0v) is 19.9. The van der Waals surface area contributed by atoms with E-state index >= 15 is 0 Å². The number of nitrogens with zero attached hydrogens (tertiary/aromatic N) is 3. The minimum atomic E-state index is -0.387. The van der Waals surface area contributed by atoms with E-state index in [4.69, 9.17) is 4.98 Å². The van der Waals surface area contributed by atoms with Crippen molar-refractivity contribution in [3.63, 3.8) is 0 Å². The second kappa shape index (κ2) is 9.46. The zero-order valence-electron chi connectivity index (χ0n) is 19.1. The molecule has 0 aliphatic heterocycles. The third-order valence-corrected chi connectivity index (χ3v) is 6.53. The van der Waals surface area contributed by atoms with E-state index in [0.29, 0.717) is 11.0 Å². The van der Waals surface area contributed by atoms with Gasteiger partial charge < -0.3 is 0 Å². The Hall–Kier alpha value is -3.64. The Kier molecular flexibility index (Phi) is 6.47. The fourth-order valence-electron chi connectivity index (χ4n) is 3.65. The number of benzene rings is 3. The molecule has 0 bridgehead atoms. The lowest BCUT2D eigenvalue weighted by Gasteiger charge is -2.07. The first kappa shape index (κ1) is 22.6. The van der Waals surface area contributed by atoms with Crippen molar-refractivity contribution in [3.05, 3.63) is 99.1 Å². The summed E-state index contributed by atoms with van der Waals surface area (Å²) in [5.74, 6) is 0.486. The Morgan fingerprint density at radius 3 is 2.30 bits per heavy atom. The van der Waals surface area contributed by atoms with Crippen molar-refractivity contribution >= 4 is 28.4 Å². The minimum absolute atomic E-state index is 0.0689. The molecule has 0 amide bonds. The summed E-state index contributed by atoms with van der Waals surface area (Å²) in [6.45, 7) is 8.48. The monoisotopic (exact) mass is 455 g/mol. The van der Waals surface area contributed by atoms with Gasteiger partial charge >= 0.3 is 0 Å². The van der Waals surface area contributed by atoms with Gasteiger partial charge in [0.2, 0.25) is 5.13 Å². The normalized spacial score (nSPS) is 11.4. The molecule has 0 unspecified atom stereocenters. The molecule has 6 heteroatoms. The van der Waals surface area contributed by atoms with Crippen LogP contribution >= 0.6 is 11.3 Å². The molecule has 0 atom stereocenters. The summed E-state index contributed by atoms with van der Waals surface area (Å²) in [6, 6.07) is 21.3. The predicted molar refractivity (Wildman–Crippen MR) is 137 cm³/mol. The first-order valence-electron chi connectivity index (χ1n) is 10.8. The molecule has 4 rings (SSSR count). The van der Waals surface area contributed by atoms with Crippen molar-refractivity contribution in [3.8, 4) is 21.7 Å². The highest BCUT2D eigenvalue weighted by atomic mass is 32.1. The van der Waals surface area contributed by atoms with E-state index in [9.17, 15) is 10.1 Å². The van der Waals surface area contributed by atoms with Gasteiger partial charge in [-0.3, -0.25) is 10.1 Å². The van der Waals surface area contributed by atoms with Crippen molar-refractivity contribution in [1.29, 1.82) is 0 Å². The summed E-state index contributed by atoms with van der Waals surface area (Å²) in [5, 5.41) is 11.7. The van der Waals surface area contributed by atoms with Gasteiger partial charge in [-0.2, -0.15) is 0 Å². The molecule has 0 aliphatic rings. The van der Waals surface area contributed by atoms with Gasteiger partial charge in [0.1, 0.15) is 0 Å². The highest BCUT2D eigenvalue weighted by Crippen LogP contribution is 2.41. The van der Waals surface area contributed by atoms with Crippen LogP contribution in [0.1, 0.15) is 42.0 Å². The average Bonchev–Trinajstić information content (AvgIpc) is 3.22. The Morgan fingerprint density at radius 1 is 1.00 bits per heavy atom. The first-order chi connectivity index (χ1) is 15.8. The number of hydrogen-bond acceptors (Lipinski definition) is 5. The molecular formula is C27H25N3O2S. The van der Waals surface area contributed by atoms with Gasteiger partial charge in [-0.1, -0.05) is 73.2 Å². The molecule has 0 saturated carbocycles. The number of nitro benzene ring substituents is 1. The molecule has 0 aliphatic carbocycles. The summed E-state index contributed by atoms with van der Waals surface area (Å²) in [5.41, 5.74) is 7.45. The van der Waals surface area contributed by atoms with Crippen molar-refractivity contribution < 1.29 is 4.92 Å². The van der Waals surface area contributed by atoms with E-state index in [2.05, 4.69) is 75.2 Å². The maximum atomic E-state index is 11.1. The molecule has 3 aromatic carbocycles. The number of non-ortho nitro benzene ring substituents is 1. The third kappa shape index (κ3) is 5.07. The molecule has 1 heterocycles. The standard InChI is InChI=1S/C27H25N3O2S/c1-17(2)21-8-6-20(7-9-21)16-28-27-29-25(24-14-5-18(3)15-19(24)4)26(33-27)22-10-12-23(13-11-22)30(31)32/h5-17H,1-4H3. The predicted octanol–water partition coefficient (Wildman–Crippen LogP) is 7.88. The van der Waals surface area contributed by atoms with Crippen LogP contribution in [-0.4, -0.2) is 16.1 Å². The summed E-state index contributed by atoms with van der Waals surface area (Å²) in [6.07, 6.45) is 1.83. The maximum Gasteiger partial charge on any atom is 0.269 e. The molecule has 33 heavy (non-hydrogen) atoms. The summed E-state index contributed by atoms with van der Waals surface area (Å²) in [7, 11) is 0. The fraction of sp³-hybridized carbons (Fsp3) is 0.185. The Balaban J connectivity index is 1.75. The Labute approximate surface area is 197 Å². The third-order valence-electron chi connectivity index (χ3n) is 5.52. The van der Waals surface area contributed by atoms with E-state index in [1.165, 1.54) is 34.6 Å². The minimum Gasteiger partial charge on any atom is -0.258 e. The van der Waals surface area contributed by atoms with Gasteiger partial charge in [0.15, 0.2) is 0 Å². The number of aromatic nitrogens is 1. The number of hydrogen-bond donors (Lipinski definition) is 0. The summed E-state index contributed by atoms with van der Waals surface area (Å²) < 4.78 is 0. The number of aryl methyl sites for hydroxylation is 2. The largest absolute Gasteiger partial charge is 0.269 e. The van der Waals surface area contributed by atoms with Crippen LogP contribution in [0.25, 0.3) is 21.7 Å². The second-order valence-electron chi connectivity index (χ2n) is 8.38. The molecule has 0 saturated heterocycles. The smallest absolute Gasteiger partial charge is 0.258 e. The lowest BCUT2D eigenvalue weighted by molar-refractivity contribution is -0.384. The van der Waals surface area contributed by atoms with Gasteiger partial charge in [-0.05, 0) is 54.2 Å². The fourth-order valence-corrected chi connectivity index (χ4v) is 4.58. The van der Waals surface area contributed by atoms with Gasteiger partial charge in [0.25, 0.3) is 5.69 Å². The lowest BCUT2D eigenvalue weighted by atomic mass is 10.0. The highest BCUT2D eigenvalue weighted by molar-refractivity contribution is 7.19. The number of thiazole rings is 1. The molecule has 166 valence electrons. The quantitative estimate of drug-likeness (QED) is 0.169. The molecule has 4 aromatic rings. The summed E-state index contributed by atoms with van der Waals surface area (Å²) in [4.78, 5) is 21.1. The molecule has 0 radical (unpaired) electrons. The molecule has 0 N–H and O–H groups in total. The van der Waals surface area contributed by atoms with Gasteiger partial charge in [0, 0.05) is 23.9 Å². The molecule has 0 fully saturated rings. The van der Waals surface area contributed by atoms with Gasteiger partial charge in [-0.25, -0.2) is 9.98 Å². The lowest BCUT2D eigenvalue weighted by Crippen LogP contribution is -1.89. The van der Waals surface area contributed by atoms with E-state index in [0.717, 1.165) is 32.8 Å². The molecule has 5 nitrogen and oxygen atoms in total. The van der Waals surface area contributed by atoms with E-state index < -0.39 is 0 Å². The maximum absolute atomic E-state index is 11.1. The van der Waals surface area contributed by atoms with Gasteiger partial charge in [-0.15, -0.1) is 0 Å². The summed E-state index contributed by atoms with van der Waals surface area (Å²) >= 11 is 1.48. The van der Waals surface area contributed by atoms with Gasteiger partial charge in [0.05, 0.1) is 15.5 Å². The van der Waals surface area contributed by atoms with Crippen LogP contribution in [0.15, 0.2) is 71.7 Å². The number of aliphatic imine (C=N–C) groups is 1. The van der Waals surface area contributed by atoms with Crippen LogP contribution in [-0.2, 0) is 0 Å². The van der Waals surface area contributed by atoms with Crippen LogP contribution in [0, 0.1) is 24.0 Å². The molecule has 1 aromatic heterocycles. The SMILES string of the molecule is Cc1ccc(-c2nc(N=Cc3ccc(C(C)C)cc3)sc2-c2ccc([N+](=O)[O-])cc2)c(C)c1. The van der Waals surface area contributed by atoms with Crippen molar-refractivity contribution in [2.24, 2.45) is 4.99 Å². The van der Waals surface area contributed by atoms with Crippen molar-refractivity contribution in [2.45, 2.75) is 33.6 Å². The van der Waals surface area contributed by atoms with Crippen molar-refractivity contribution in [2.75, 3.05) is 0 Å². The zero-order chi connectivity index (χ0) is 23.5. The van der Waals surface area contributed by atoms with E-state index in [-0.39, 0.29) is 10.6 Å². The van der Waals surface area contributed by atoms with E-state index in [1.54, 1.807) is 12.1 Å². The van der Waals surface area contributed by atoms with Crippen LogP contribution in [0.2, 0.25) is 0 Å². The van der Waals surface area contributed by atoms with E-state index in [1.807, 2.05) is 6.21 Å². The highest BCUT2D eigenvalue weighted by Gasteiger charge is 2.17. The Bertz CT molecular complexity index is 1320. The second-order valence-corrected chi connectivity index (χ2v) is 9.35. The van der Waals surface area contributed by atoms with Crippen molar-refractivity contribution in [1.82, 2.24) is 4.98 Å². The molecule has 0 spiro atoms. The topological polar surface area (TPSA) is 68.4 Å². The van der Waals surface area contributed by atoms with Crippen LogP contribution in [0.5, 0.6) is 0 Å². The Morgan fingerprint density at radius 2 is 1.70 bits per heavy atom. The van der Waals surface area contributed by atoms with Crippen LogP contribution in [0.4, 0.5) is 10.8 Å². The average molecular weight is 456 g/mol.